The number of fused-ring (bicyclic) bond motifs is 1. The third-order valence-corrected chi connectivity index (χ3v) is 5.32. The summed E-state index contributed by atoms with van der Waals surface area (Å²) in [5.74, 6) is 0.197. The molecule has 2 aromatic rings. The highest BCUT2D eigenvalue weighted by atomic mass is 16.2. The first-order valence-corrected chi connectivity index (χ1v) is 8.65. The van der Waals surface area contributed by atoms with Crippen LogP contribution in [0.15, 0.2) is 12.5 Å². The number of imidazole rings is 1. The van der Waals surface area contributed by atoms with Crippen molar-refractivity contribution >= 4 is 5.91 Å². The van der Waals surface area contributed by atoms with Crippen LogP contribution < -0.4 is 5.32 Å². The van der Waals surface area contributed by atoms with Gasteiger partial charge < -0.3 is 14.8 Å². The summed E-state index contributed by atoms with van der Waals surface area (Å²) < 4.78 is 2.04. The van der Waals surface area contributed by atoms with Gasteiger partial charge in [0.25, 0.3) is 5.91 Å². The first-order valence-electron chi connectivity index (χ1n) is 8.65. The number of likely N-dealkylation sites (tertiary alicyclic amines) is 1. The van der Waals surface area contributed by atoms with Crippen LogP contribution in [0.3, 0.4) is 0 Å². The number of amides is 1. The van der Waals surface area contributed by atoms with Crippen LogP contribution in [-0.4, -0.2) is 56.7 Å². The zero-order chi connectivity index (χ0) is 16.7. The zero-order valence-corrected chi connectivity index (χ0v) is 14.2. The van der Waals surface area contributed by atoms with E-state index in [2.05, 4.69) is 32.4 Å². The van der Waals surface area contributed by atoms with E-state index in [1.807, 2.05) is 24.1 Å². The van der Waals surface area contributed by atoms with Crippen molar-refractivity contribution in [3.8, 4) is 0 Å². The zero-order valence-electron chi connectivity index (χ0n) is 14.2. The summed E-state index contributed by atoms with van der Waals surface area (Å²) in [5, 5.41) is 10.6. The van der Waals surface area contributed by atoms with Gasteiger partial charge in [0, 0.05) is 49.2 Å². The Morgan fingerprint density at radius 3 is 2.92 bits per heavy atom. The number of aryl methyl sites for hydroxylation is 2. The van der Waals surface area contributed by atoms with Crippen molar-refractivity contribution in [1.82, 2.24) is 30.0 Å². The summed E-state index contributed by atoms with van der Waals surface area (Å²) in [6, 6.07) is 0.0776. The van der Waals surface area contributed by atoms with Crippen molar-refractivity contribution in [3.63, 3.8) is 0 Å². The number of likely N-dealkylation sites (N-methyl/N-ethyl adjacent to an activating group) is 1. The molecule has 1 saturated heterocycles. The fourth-order valence-corrected chi connectivity index (χ4v) is 4.08. The molecular formula is C17H24N6O. The van der Waals surface area contributed by atoms with Gasteiger partial charge in [-0.1, -0.05) is 0 Å². The van der Waals surface area contributed by atoms with Crippen LogP contribution in [0.4, 0.5) is 0 Å². The standard InChI is InChI=1S/C17H24N6O/c1-22-8-12(15-7-18-10-23(15)2)14(9-22)19-17(24)16-11-5-3-4-6-13(11)20-21-16/h7,10,12,14H,3-6,8-9H2,1-2H3,(H,19,24)(H,20,21)/t12-,14-/m1/s1. The molecule has 24 heavy (non-hydrogen) atoms. The van der Waals surface area contributed by atoms with E-state index in [4.69, 9.17) is 0 Å². The van der Waals surface area contributed by atoms with Crippen molar-refractivity contribution in [1.29, 1.82) is 0 Å². The highest BCUT2D eigenvalue weighted by Gasteiger charge is 2.35. The largest absolute Gasteiger partial charge is 0.346 e. The lowest BCUT2D eigenvalue weighted by Crippen LogP contribution is -2.40. The van der Waals surface area contributed by atoms with Crippen molar-refractivity contribution < 1.29 is 4.79 Å². The Morgan fingerprint density at radius 1 is 1.29 bits per heavy atom. The van der Waals surface area contributed by atoms with Crippen LogP contribution in [0.25, 0.3) is 0 Å². The molecule has 7 heteroatoms. The average Bonchev–Trinajstić information content (AvgIpc) is 3.25. The predicted molar refractivity (Wildman–Crippen MR) is 89.9 cm³/mol. The Labute approximate surface area is 141 Å². The monoisotopic (exact) mass is 328 g/mol. The molecule has 0 radical (unpaired) electrons. The minimum Gasteiger partial charge on any atom is -0.346 e. The van der Waals surface area contributed by atoms with E-state index >= 15 is 0 Å². The molecule has 7 nitrogen and oxygen atoms in total. The van der Waals surface area contributed by atoms with Gasteiger partial charge in [-0.15, -0.1) is 0 Å². The van der Waals surface area contributed by atoms with E-state index in [1.165, 1.54) is 6.42 Å². The Morgan fingerprint density at radius 2 is 2.12 bits per heavy atom. The number of nitrogens with zero attached hydrogens (tertiary/aromatic N) is 4. The average molecular weight is 328 g/mol. The number of hydrogen-bond acceptors (Lipinski definition) is 4. The number of hydrogen-bond donors (Lipinski definition) is 2. The molecule has 1 fully saturated rings. The molecule has 3 heterocycles. The van der Waals surface area contributed by atoms with Crippen LogP contribution in [0.5, 0.6) is 0 Å². The van der Waals surface area contributed by atoms with Crippen LogP contribution in [-0.2, 0) is 19.9 Å². The second kappa shape index (κ2) is 6.05. The molecule has 1 aliphatic heterocycles. The molecule has 0 aromatic carbocycles. The molecule has 0 unspecified atom stereocenters. The Kier molecular flexibility index (Phi) is 3.88. The molecule has 1 aliphatic carbocycles. The lowest BCUT2D eigenvalue weighted by molar-refractivity contribution is 0.0929. The maximum atomic E-state index is 12.8. The van der Waals surface area contributed by atoms with E-state index in [0.29, 0.717) is 5.69 Å². The van der Waals surface area contributed by atoms with E-state index < -0.39 is 0 Å². The maximum absolute atomic E-state index is 12.8. The number of aromatic amines is 1. The van der Waals surface area contributed by atoms with Gasteiger partial charge in [0.05, 0.1) is 12.4 Å². The first kappa shape index (κ1) is 15.4. The number of rotatable bonds is 3. The fraction of sp³-hybridized carbons (Fsp3) is 0.588. The molecule has 2 aliphatic rings. The number of nitrogens with one attached hydrogen (secondary N) is 2. The van der Waals surface area contributed by atoms with E-state index in [1.54, 1.807) is 0 Å². The van der Waals surface area contributed by atoms with E-state index in [-0.39, 0.29) is 17.9 Å². The molecule has 2 atom stereocenters. The predicted octanol–water partition coefficient (Wildman–Crippen LogP) is 0.850. The van der Waals surface area contributed by atoms with Gasteiger partial charge >= 0.3 is 0 Å². The molecule has 1 amide bonds. The highest BCUT2D eigenvalue weighted by Crippen LogP contribution is 2.27. The van der Waals surface area contributed by atoms with Crippen LogP contribution >= 0.6 is 0 Å². The van der Waals surface area contributed by atoms with Crippen molar-refractivity contribution in [2.75, 3.05) is 20.1 Å². The second-order valence-corrected chi connectivity index (χ2v) is 7.07. The topological polar surface area (TPSA) is 78.8 Å². The van der Waals surface area contributed by atoms with Gasteiger partial charge in [0.2, 0.25) is 0 Å². The first-order chi connectivity index (χ1) is 11.6. The Balaban J connectivity index is 1.54. The third-order valence-electron chi connectivity index (χ3n) is 5.32. The lowest BCUT2D eigenvalue weighted by atomic mass is 9.95. The van der Waals surface area contributed by atoms with Crippen molar-refractivity contribution in [2.24, 2.45) is 7.05 Å². The third kappa shape index (κ3) is 2.62. The van der Waals surface area contributed by atoms with Gasteiger partial charge in [-0.3, -0.25) is 9.89 Å². The number of H-pyrrole nitrogens is 1. The number of aromatic nitrogens is 4. The van der Waals surface area contributed by atoms with Crippen LogP contribution in [0.1, 0.15) is 46.2 Å². The molecular weight excluding hydrogens is 304 g/mol. The molecule has 128 valence electrons. The molecule has 0 saturated carbocycles. The Hall–Kier alpha value is -2.15. The van der Waals surface area contributed by atoms with Gasteiger partial charge in [-0.25, -0.2) is 4.98 Å². The van der Waals surface area contributed by atoms with Gasteiger partial charge in [-0.05, 0) is 32.7 Å². The van der Waals surface area contributed by atoms with Crippen LogP contribution in [0, 0.1) is 0 Å². The maximum Gasteiger partial charge on any atom is 0.272 e. The molecule has 4 rings (SSSR count). The minimum absolute atomic E-state index is 0.0538. The highest BCUT2D eigenvalue weighted by molar-refractivity contribution is 5.94. The second-order valence-electron chi connectivity index (χ2n) is 7.07. The summed E-state index contributed by atoms with van der Waals surface area (Å²) in [4.78, 5) is 19.3. The normalized spacial score (nSPS) is 24.1. The number of carbonyl (C=O) groups excluding carboxylic acids is 1. The van der Waals surface area contributed by atoms with Gasteiger partial charge in [0.1, 0.15) is 0 Å². The molecule has 0 bridgehead atoms. The summed E-state index contributed by atoms with van der Waals surface area (Å²) in [5.41, 5.74) is 4.00. The quantitative estimate of drug-likeness (QED) is 0.875. The van der Waals surface area contributed by atoms with E-state index in [9.17, 15) is 4.79 Å². The van der Waals surface area contributed by atoms with E-state index in [0.717, 1.165) is 49.3 Å². The summed E-state index contributed by atoms with van der Waals surface area (Å²) in [6.07, 6.45) is 7.97. The smallest absolute Gasteiger partial charge is 0.272 e. The summed E-state index contributed by atoms with van der Waals surface area (Å²) in [7, 11) is 4.09. The molecule has 0 spiro atoms. The number of carbonyl (C=O) groups is 1. The Bertz CT molecular complexity index is 748. The molecule has 2 N–H and O–H groups in total. The summed E-state index contributed by atoms with van der Waals surface area (Å²) >= 11 is 0. The SMILES string of the molecule is CN1C[C@@H](NC(=O)c2n[nH]c3c2CCCC3)[C@H](c2cncn2C)C1. The molecule has 2 aromatic heterocycles. The van der Waals surface area contributed by atoms with Crippen molar-refractivity contribution in [3.05, 3.63) is 35.2 Å². The van der Waals surface area contributed by atoms with Crippen LogP contribution in [0.2, 0.25) is 0 Å². The van der Waals surface area contributed by atoms with Gasteiger partial charge in [0.15, 0.2) is 5.69 Å². The lowest BCUT2D eigenvalue weighted by Gasteiger charge is -2.20. The minimum atomic E-state index is -0.0538. The van der Waals surface area contributed by atoms with Crippen molar-refractivity contribution in [2.45, 2.75) is 37.6 Å². The fourth-order valence-electron chi connectivity index (χ4n) is 4.08. The summed E-state index contributed by atoms with van der Waals surface area (Å²) in [6.45, 7) is 1.76. The van der Waals surface area contributed by atoms with Gasteiger partial charge in [-0.2, -0.15) is 5.10 Å².